The largest absolute Gasteiger partial charge is 0.488 e. The molecule has 2 rings (SSSR count). The van der Waals surface area contributed by atoms with Gasteiger partial charge in [-0.2, -0.15) is 0 Å². The Hall–Kier alpha value is -1.75. The van der Waals surface area contributed by atoms with Gasteiger partial charge in [0.05, 0.1) is 6.54 Å². The van der Waals surface area contributed by atoms with E-state index in [0.717, 1.165) is 0 Å². The first kappa shape index (κ1) is 11.7. The predicted octanol–water partition coefficient (Wildman–Crippen LogP) is 1.18. The standard InChI is InChI=1S/C12H15NO4/c14-10-8-13(12(15)16)7-6-11(10)17-9-4-2-1-3-5-9/h1-5,10-11,14H,6-8H2,(H,15,16). The number of piperidine rings is 1. The Morgan fingerprint density at radius 3 is 2.65 bits per heavy atom. The van der Waals surface area contributed by atoms with E-state index in [1.54, 1.807) is 0 Å². The molecule has 1 heterocycles. The lowest BCUT2D eigenvalue weighted by Gasteiger charge is -2.34. The summed E-state index contributed by atoms with van der Waals surface area (Å²) in [7, 11) is 0. The number of aliphatic hydroxyl groups excluding tert-OH is 1. The quantitative estimate of drug-likeness (QED) is 0.810. The molecule has 1 amide bonds. The Labute approximate surface area is 99.2 Å². The molecule has 2 unspecified atom stereocenters. The highest BCUT2D eigenvalue weighted by molar-refractivity contribution is 5.65. The van der Waals surface area contributed by atoms with Crippen molar-refractivity contribution in [3.8, 4) is 5.75 Å². The number of carboxylic acid groups (broad SMARTS) is 1. The monoisotopic (exact) mass is 237 g/mol. The summed E-state index contributed by atoms with van der Waals surface area (Å²) < 4.78 is 5.63. The first-order valence-corrected chi connectivity index (χ1v) is 5.54. The van der Waals surface area contributed by atoms with Gasteiger partial charge in [-0.15, -0.1) is 0 Å². The number of amides is 1. The maximum Gasteiger partial charge on any atom is 0.407 e. The number of nitrogens with zero attached hydrogens (tertiary/aromatic N) is 1. The molecule has 2 N–H and O–H groups in total. The van der Waals surface area contributed by atoms with Crippen LogP contribution in [0.1, 0.15) is 6.42 Å². The third kappa shape index (κ3) is 2.88. The molecule has 0 aliphatic carbocycles. The van der Waals surface area contributed by atoms with Gasteiger partial charge >= 0.3 is 6.09 Å². The number of carbonyl (C=O) groups is 1. The summed E-state index contributed by atoms with van der Waals surface area (Å²) in [4.78, 5) is 11.9. The van der Waals surface area contributed by atoms with Gasteiger partial charge < -0.3 is 19.8 Å². The van der Waals surface area contributed by atoms with E-state index >= 15 is 0 Å². The molecular formula is C12H15NO4. The predicted molar refractivity (Wildman–Crippen MR) is 61.1 cm³/mol. The minimum absolute atomic E-state index is 0.104. The van der Waals surface area contributed by atoms with E-state index in [0.29, 0.717) is 18.7 Å². The van der Waals surface area contributed by atoms with E-state index in [4.69, 9.17) is 9.84 Å². The van der Waals surface area contributed by atoms with Crippen molar-refractivity contribution in [2.24, 2.45) is 0 Å². The van der Waals surface area contributed by atoms with Crippen molar-refractivity contribution >= 4 is 6.09 Å². The van der Waals surface area contributed by atoms with Gasteiger partial charge in [0.1, 0.15) is 18.0 Å². The SMILES string of the molecule is O=C(O)N1CCC(Oc2ccccc2)C(O)C1. The molecule has 1 aliphatic rings. The van der Waals surface area contributed by atoms with Crippen molar-refractivity contribution in [1.29, 1.82) is 0 Å². The summed E-state index contributed by atoms with van der Waals surface area (Å²) in [6.45, 7) is 0.497. The van der Waals surface area contributed by atoms with Crippen molar-refractivity contribution < 1.29 is 19.7 Å². The van der Waals surface area contributed by atoms with Crippen LogP contribution in [-0.2, 0) is 0 Å². The summed E-state index contributed by atoms with van der Waals surface area (Å²) in [5, 5.41) is 18.6. The smallest absolute Gasteiger partial charge is 0.407 e. The number of ether oxygens (including phenoxy) is 1. The third-order valence-corrected chi connectivity index (χ3v) is 2.82. The fourth-order valence-electron chi connectivity index (χ4n) is 1.90. The Balaban J connectivity index is 1.94. The van der Waals surface area contributed by atoms with Crippen LogP contribution < -0.4 is 4.74 Å². The summed E-state index contributed by atoms with van der Waals surface area (Å²) >= 11 is 0. The molecule has 0 bridgehead atoms. The molecule has 1 aromatic carbocycles. The van der Waals surface area contributed by atoms with Gasteiger partial charge in [0.2, 0.25) is 0 Å². The average molecular weight is 237 g/mol. The molecule has 1 fully saturated rings. The second-order valence-corrected chi connectivity index (χ2v) is 4.05. The fraction of sp³-hybridized carbons (Fsp3) is 0.417. The van der Waals surface area contributed by atoms with Gasteiger partial charge in [-0.05, 0) is 12.1 Å². The summed E-state index contributed by atoms with van der Waals surface area (Å²) in [5.41, 5.74) is 0. The lowest BCUT2D eigenvalue weighted by atomic mass is 10.1. The van der Waals surface area contributed by atoms with Crippen molar-refractivity contribution in [1.82, 2.24) is 4.90 Å². The molecule has 1 aromatic rings. The summed E-state index contributed by atoms with van der Waals surface area (Å²) in [6, 6.07) is 9.23. The van der Waals surface area contributed by atoms with Crippen molar-refractivity contribution in [3.63, 3.8) is 0 Å². The normalized spacial score (nSPS) is 24.4. The minimum atomic E-state index is -0.998. The van der Waals surface area contributed by atoms with Gasteiger partial charge in [-0.25, -0.2) is 4.79 Å². The molecule has 5 nitrogen and oxygen atoms in total. The lowest BCUT2D eigenvalue weighted by Crippen LogP contribution is -2.50. The zero-order valence-corrected chi connectivity index (χ0v) is 9.32. The molecule has 5 heteroatoms. The molecule has 2 atom stereocenters. The van der Waals surface area contributed by atoms with Crippen LogP contribution in [0.15, 0.2) is 30.3 Å². The second-order valence-electron chi connectivity index (χ2n) is 4.05. The Kier molecular flexibility index (Phi) is 3.49. The van der Waals surface area contributed by atoms with Gasteiger partial charge in [0.25, 0.3) is 0 Å². The molecule has 1 saturated heterocycles. The van der Waals surface area contributed by atoms with E-state index in [2.05, 4.69) is 0 Å². The molecule has 0 spiro atoms. The number of para-hydroxylation sites is 1. The number of likely N-dealkylation sites (tertiary alicyclic amines) is 1. The van der Waals surface area contributed by atoms with Crippen molar-refractivity contribution in [2.45, 2.75) is 18.6 Å². The summed E-state index contributed by atoms with van der Waals surface area (Å²) in [6.07, 6.45) is -1.61. The van der Waals surface area contributed by atoms with Crippen LogP contribution in [0, 0.1) is 0 Å². The van der Waals surface area contributed by atoms with E-state index in [1.165, 1.54) is 4.90 Å². The number of rotatable bonds is 2. The zero-order valence-electron chi connectivity index (χ0n) is 9.32. The molecule has 17 heavy (non-hydrogen) atoms. The molecule has 0 saturated carbocycles. The first-order chi connectivity index (χ1) is 8.16. The van der Waals surface area contributed by atoms with Crippen LogP contribution in [0.4, 0.5) is 4.79 Å². The Bertz CT molecular complexity index is 381. The molecule has 92 valence electrons. The number of hydrogen-bond donors (Lipinski definition) is 2. The van der Waals surface area contributed by atoms with Crippen LogP contribution in [-0.4, -0.2) is 46.5 Å². The first-order valence-electron chi connectivity index (χ1n) is 5.54. The van der Waals surface area contributed by atoms with E-state index in [1.807, 2.05) is 30.3 Å². The second kappa shape index (κ2) is 5.05. The molecule has 1 aliphatic heterocycles. The summed E-state index contributed by atoms with van der Waals surface area (Å²) in [5.74, 6) is 0.695. The van der Waals surface area contributed by atoms with Crippen LogP contribution in [0.25, 0.3) is 0 Å². The number of β-amino-alcohol motifs (C(OH)–C–C–N with tert-alkyl or cyclic N) is 1. The fourth-order valence-corrected chi connectivity index (χ4v) is 1.90. The van der Waals surface area contributed by atoms with Crippen LogP contribution in [0.2, 0.25) is 0 Å². The minimum Gasteiger partial charge on any atom is -0.488 e. The van der Waals surface area contributed by atoms with Crippen LogP contribution in [0.5, 0.6) is 5.75 Å². The highest BCUT2D eigenvalue weighted by Crippen LogP contribution is 2.19. The van der Waals surface area contributed by atoms with Crippen molar-refractivity contribution in [3.05, 3.63) is 30.3 Å². The zero-order chi connectivity index (χ0) is 12.3. The van der Waals surface area contributed by atoms with E-state index in [9.17, 15) is 9.90 Å². The van der Waals surface area contributed by atoms with Gasteiger partial charge in [0, 0.05) is 13.0 Å². The molecule has 0 radical (unpaired) electrons. The number of hydrogen-bond acceptors (Lipinski definition) is 3. The van der Waals surface area contributed by atoms with Crippen LogP contribution in [0.3, 0.4) is 0 Å². The third-order valence-electron chi connectivity index (χ3n) is 2.82. The topological polar surface area (TPSA) is 70.0 Å². The highest BCUT2D eigenvalue weighted by Gasteiger charge is 2.31. The lowest BCUT2D eigenvalue weighted by molar-refractivity contribution is -0.0200. The maximum atomic E-state index is 10.7. The van der Waals surface area contributed by atoms with Gasteiger partial charge in [0.15, 0.2) is 0 Å². The Morgan fingerprint density at radius 1 is 1.35 bits per heavy atom. The average Bonchev–Trinajstić information content (AvgIpc) is 2.33. The number of aliphatic hydroxyl groups is 1. The van der Waals surface area contributed by atoms with Gasteiger partial charge in [-0.3, -0.25) is 0 Å². The van der Waals surface area contributed by atoms with E-state index < -0.39 is 12.2 Å². The maximum absolute atomic E-state index is 10.7. The number of benzene rings is 1. The van der Waals surface area contributed by atoms with E-state index in [-0.39, 0.29) is 12.6 Å². The van der Waals surface area contributed by atoms with Crippen molar-refractivity contribution in [2.75, 3.05) is 13.1 Å². The highest BCUT2D eigenvalue weighted by atomic mass is 16.5. The Morgan fingerprint density at radius 2 is 2.06 bits per heavy atom. The molecular weight excluding hydrogens is 222 g/mol. The molecule has 0 aromatic heterocycles. The van der Waals surface area contributed by atoms with Gasteiger partial charge in [-0.1, -0.05) is 18.2 Å². The van der Waals surface area contributed by atoms with Crippen LogP contribution >= 0.6 is 0 Å².